The monoisotopic (exact) mass is 247 g/mol. The highest BCUT2D eigenvalue weighted by atomic mass is 35.5. The summed E-state index contributed by atoms with van der Waals surface area (Å²) in [7, 11) is -2.09. The maximum absolute atomic E-state index is 11.1. The van der Waals surface area contributed by atoms with Crippen LogP contribution in [0.5, 0.6) is 0 Å². The molecule has 0 fully saturated rings. The molecule has 0 bridgehead atoms. The molecule has 15 heavy (non-hydrogen) atoms. The Kier molecular flexibility index (Phi) is 3.67. The zero-order valence-electron chi connectivity index (χ0n) is 7.94. The van der Waals surface area contributed by atoms with Crippen molar-refractivity contribution < 1.29 is 8.42 Å². The zero-order valence-corrected chi connectivity index (χ0v) is 9.51. The van der Waals surface area contributed by atoms with E-state index in [0.717, 1.165) is 5.41 Å². The molecule has 0 spiro atoms. The molecule has 0 radical (unpaired) electrons. The number of nitrogen functional groups attached to an aromatic ring is 1. The fourth-order valence-electron chi connectivity index (χ4n) is 0.830. The first-order chi connectivity index (χ1) is 6.94. The van der Waals surface area contributed by atoms with E-state index in [1.165, 1.54) is 25.4 Å². The van der Waals surface area contributed by atoms with Gasteiger partial charge in [-0.2, -0.15) is 0 Å². The van der Waals surface area contributed by atoms with Crippen molar-refractivity contribution in [2.75, 3.05) is 12.8 Å². The highest BCUT2D eigenvalue weighted by Gasteiger charge is 2.02. The molecule has 1 rings (SSSR count). The molecule has 0 saturated heterocycles. The van der Waals surface area contributed by atoms with Crippen molar-refractivity contribution in [3.8, 4) is 0 Å². The van der Waals surface area contributed by atoms with E-state index in [1.807, 2.05) is 0 Å². The van der Waals surface area contributed by atoms with Crippen LogP contribution in [-0.2, 0) is 10.0 Å². The molecule has 1 heterocycles. The second kappa shape index (κ2) is 4.61. The molecule has 0 amide bonds. The number of nitrogens with zero attached hydrogens (tertiary/aromatic N) is 1. The summed E-state index contributed by atoms with van der Waals surface area (Å²) in [5, 5.41) is 1.39. The number of hydrogen-bond acceptors (Lipinski definition) is 4. The van der Waals surface area contributed by atoms with Crippen LogP contribution in [0.1, 0.15) is 5.56 Å². The number of rotatable bonds is 3. The van der Waals surface area contributed by atoms with Crippen LogP contribution in [0, 0.1) is 0 Å². The summed E-state index contributed by atoms with van der Waals surface area (Å²) in [5.41, 5.74) is 5.98. The van der Waals surface area contributed by atoms with Gasteiger partial charge in [0, 0.05) is 17.2 Å². The van der Waals surface area contributed by atoms with Gasteiger partial charge >= 0.3 is 0 Å². The third-order valence-electron chi connectivity index (χ3n) is 1.63. The van der Waals surface area contributed by atoms with Crippen LogP contribution in [0.4, 0.5) is 5.82 Å². The number of pyridine rings is 1. The van der Waals surface area contributed by atoms with Gasteiger partial charge in [0.25, 0.3) is 0 Å². The molecule has 5 nitrogen and oxygen atoms in total. The van der Waals surface area contributed by atoms with Gasteiger partial charge in [-0.25, -0.2) is 18.1 Å². The fourth-order valence-corrected chi connectivity index (χ4v) is 1.46. The van der Waals surface area contributed by atoms with Crippen LogP contribution in [0.25, 0.3) is 6.08 Å². The average Bonchev–Trinajstić information content (AvgIpc) is 2.20. The molecule has 0 unspecified atom stereocenters. The van der Waals surface area contributed by atoms with Gasteiger partial charge < -0.3 is 5.73 Å². The minimum absolute atomic E-state index is 0.224. The lowest BCUT2D eigenvalue weighted by atomic mass is 10.2. The number of nitrogens with one attached hydrogen (secondary N) is 1. The SMILES string of the molecule is CNS(=O)(=O)C=Cc1cc(Cl)cnc1N. The van der Waals surface area contributed by atoms with Crippen molar-refractivity contribution in [3.63, 3.8) is 0 Å². The van der Waals surface area contributed by atoms with Crippen molar-refractivity contribution in [2.45, 2.75) is 0 Å². The highest BCUT2D eigenvalue weighted by molar-refractivity contribution is 7.92. The van der Waals surface area contributed by atoms with Crippen LogP contribution >= 0.6 is 11.6 Å². The third-order valence-corrected chi connectivity index (χ3v) is 2.90. The van der Waals surface area contributed by atoms with Crippen molar-refractivity contribution in [1.29, 1.82) is 0 Å². The molecular formula is C8H10ClN3O2S. The van der Waals surface area contributed by atoms with Gasteiger partial charge in [0.05, 0.1) is 5.02 Å². The highest BCUT2D eigenvalue weighted by Crippen LogP contribution is 2.16. The van der Waals surface area contributed by atoms with Crippen molar-refractivity contribution in [2.24, 2.45) is 0 Å². The summed E-state index contributed by atoms with van der Waals surface area (Å²) in [6.45, 7) is 0. The van der Waals surface area contributed by atoms with Crippen molar-refractivity contribution in [3.05, 3.63) is 28.3 Å². The summed E-state index contributed by atoms with van der Waals surface area (Å²) in [6.07, 6.45) is 2.72. The Hall–Kier alpha value is -1.11. The molecule has 82 valence electrons. The lowest BCUT2D eigenvalue weighted by molar-refractivity contribution is 0.597. The summed E-state index contributed by atoms with van der Waals surface area (Å²) in [5.74, 6) is 0.224. The number of hydrogen-bond donors (Lipinski definition) is 2. The molecule has 0 aromatic carbocycles. The summed E-state index contributed by atoms with van der Waals surface area (Å²) < 4.78 is 24.3. The summed E-state index contributed by atoms with van der Waals surface area (Å²) in [6, 6.07) is 1.53. The first-order valence-corrected chi connectivity index (χ1v) is 5.89. The molecule has 1 aromatic heterocycles. The Morgan fingerprint density at radius 3 is 2.87 bits per heavy atom. The van der Waals surface area contributed by atoms with Gasteiger partial charge in [0.2, 0.25) is 10.0 Å². The molecule has 0 atom stereocenters. The number of sulfonamides is 1. The Morgan fingerprint density at radius 2 is 2.27 bits per heavy atom. The normalized spacial score (nSPS) is 12.1. The smallest absolute Gasteiger partial charge is 0.233 e. The molecule has 3 N–H and O–H groups in total. The van der Waals surface area contributed by atoms with Gasteiger partial charge in [0.15, 0.2) is 0 Å². The molecular weight excluding hydrogens is 238 g/mol. The predicted octanol–water partition coefficient (Wildman–Crippen LogP) is 0.837. The van der Waals surface area contributed by atoms with Gasteiger partial charge in [-0.3, -0.25) is 0 Å². The Bertz CT molecular complexity index is 485. The van der Waals surface area contributed by atoms with Crippen LogP contribution in [-0.4, -0.2) is 20.4 Å². The van der Waals surface area contributed by atoms with Gasteiger partial charge in [0.1, 0.15) is 5.82 Å². The van der Waals surface area contributed by atoms with Crippen LogP contribution in [0.15, 0.2) is 17.7 Å². The van der Waals surface area contributed by atoms with E-state index >= 15 is 0 Å². The number of nitrogens with two attached hydrogens (primary N) is 1. The zero-order chi connectivity index (χ0) is 11.5. The maximum Gasteiger partial charge on any atom is 0.233 e. The first kappa shape index (κ1) is 12.0. The minimum Gasteiger partial charge on any atom is -0.383 e. The molecule has 0 aliphatic carbocycles. The maximum atomic E-state index is 11.1. The predicted molar refractivity (Wildman–Crippen MR) is 60.7 cm³/mol. The van der Waals surface area contributed by atoms with Crippen LogP contribution in [0.2, 0.25) is 5.02 Å². The van der Waals surface area contributed by atoms with Gasteiger partial charge in [-0.1, -0.05) is 11.6 Å². The fraction of sp³-hybridized carbons (Fsp3) is 0.125. The third kappa shape index (κ3) is 3.50. The summed E-state index contributed by atoms with van der Waals surface area (Å²) in [4.78, 5) is 3.78. The van der Waals surface area contributed by atoms with Crippen LogP contribution in [0.3, 0.4) is 0 Å². The Labute approximate surface area is 93.0 Å². The van der Waals surface area contributed by atoms with E-state index in [0.29, 0.717) is 10.6 Å². The molecule has 1 aromatic rings. The Balaban J connectivity index is 3.04. The average molecular weight is 248 g/mol. The van der Waals surface area contributed by atoms with E-state index in [9.17, 15) is 8.42 Å². The van der Waals surface area contributed by atoms with E-state index < -0.39 is 10.0 Å². The topological polar surface area (TPSA) is 85.1 Å². The van der Waals surface area contributed by atoms with Crippen molar-refractivity contribution >= 4 is 33.5 Å². The quantitative estimate of drug-likeness (QED) is 0.829. The van der Waals surface area contributed by atoms with E-state index in [4.69, 9.17) is 17.3 Å². The van der Waals surface area contributed by atoms with E-state index in [-0.39, 0.29) is 5.82 Å². The molecule has 7 heteroatoms. The standard InChI is InChI=1S/C8H10ClN3O2S/c1-11-15(13,14)3-2-6-4-7(9)5-12-8(6)10/h2-5,11H,1H3,(H2,10,12). The number of halogens is 1. The lowest BCUT2D eigenvalue weighted by Crippen LogP contribution is -2.14. The molecule has 0 saturated carbocycles. The first-order valence-electron chi connectivity index (χ1n) is 3.97. The summed E-state index contributed by atoms with van der Waals surface area (Å²) >= 11 is 5.68. The van der Waals surface area contributed by atoms with E-state index in [1.54, 1.807) is 0 Å². The van der Waals surface area contributed by atoms with Crippen LogP contribution < -0.4 is 10.5 Å². The lowest BCUT2D eigenvalue weighted by Gasteiger charge is -1.99. The minimum atomic E-state index is -3.40. The number of aromatic nitrogens is 1. The van der Waals surface area contributed by atoms with Gasteiger partial charge in [-0.05, 0) is 19.2 Å². The number of anilines is 1. The second-order valence-corrected chi connectivity index (χ2v) is 4.89. The largest absolute Gasteiger partial charge is 0.383 e. The second-order valence-electron chi connectivity index (χ2n) is 2.68. The molecule has 0 aliphatic heterocycles. The Morgan fingerprint density at radius 1 is 1.60 bits per heavy atom. The van der Waals surface area contributed by atoms with Gasteiger partial charge in [-0.15, -0.1) is 0 Å². The van der Waals surface area contributed by atoms with Crippen molar-refractivity contribution in [1.82, 2.24) is 9.71 Å². The molecule has 0 aliphatic rings. The van der Waals surface area contributed by atoms with E-state index in [2.05, 4.69) is 9.71 Å².